The number of nitrogens with one attached hydrogen (secondary N) is 2. The largest absolute Gasteiger partial charge is 0.497 e. The van der Waals surface area contributed by atoms with Gasteiger partial charge in [-0.05, 0) is 41.6 Å². The predicted molar refractivity (Wildman–Crippen MR) is 132 cm³/mol. The molecule has 0 aliphatic heterocycles. The van der Waals surface area contributed by atoms with Crippen LogP contribution in [0.4, 0.5) is 11.4 Å². The number of hydrogen-bond donors (Lipinski definition) is 2. The molecule has 3 aromatic carbocycles. The van der Waals surface area contributed by atoms with Gasteiger partial charge in [0.15, 0.2) is 0 Å². The summed E-state index contributed by atoms with van der Waals surface area (Å²) in [6, 6.07) is 19.0. The van der Waals surface area contributed by atoms with E-state index in [0.717, 1.165) is 0 Å². The van der Waals surface area contributed by atoms with Crippen molar-refractivity contribution in [3.63, 3.8) is 0 Å². The van der Waals surface area contributed by atoms with Gasteiger partial charge in [0.2, 0.25) is 11.7 Å². The Morgan fingerprint density at radius 3 is 2.19 bits per heavy atom. The number of methoxy groups -OCH3 is 3. The highest BCUT2D eigenvalue weighted by Crippen LogP contribution is 2.27. The number of carbonyl (C=O) groups is 2. The molecule has 0 unspecified atom stereocenters. The number of tetrazole rings is 1. The Balaban J connectivity index is 1.50. The van der Waals surface area contributed by atoms with Crippen molar-refractivity contribution in [3.05, 3.63) is 72.3 Å². The molecule has 36 heavy (non-hydrogen) atoms. The summed E-state index contributed by atoms with van der Waals surface area (Å²) in [5.74, 6) is 1.04. The van der Waals surface area contributed by atoms with Crippen LogP contribution in [0.1, 0.15) is 10.4 Å². The van der Waals surface area contributed by atoms with E-state index in [1.807, 2.05) is 0 Å². The molecule has 0 spiro atoms. The molecule has 0 saturated carbocycles. The standard InChI is InChI=1S/C25H24N6O5/c1-34-17-12-16(13-18(14-17)35-2)25(33)27-20-9-5-4-8-19(20)24-28-30-31(29-24)15-23(32)26-21-10-6-7-11-22(21)36-3/h4-14H,15H2,1-3H3,(H,26,32)(H,27,33). The molecule has 0 radical (unpaired) electrons. The fourth-order valence-electron chi connectivity index (χ4n) is 3.40. The molecule has 1 aromatic heterocycles. The number of para-hydroxylation sites is 3. The summed E-state index contributed by atoms with van der Waals surface area (Å²) in [7, 11) is 4.55. The van der Waals surface area contributed by atoms with Crippen molar-refractivity contribution >= 4 is 23.2 Å². The molecule has 2 amide bonds. The third-order valence-corrected chi connectivity index (χ3v) is 5.15. The van der Waals surface area contributed by atoms with Crippen molar-refractivity contribution in [1.29, 1.82) is 0 Å². The molecule has 0 fully saturated rings. The minimum atomic E-state index is -0.372. The number of nitrogens with zero attached hydrogens (tertiary/aromatic N) is 4. The number of anilines is 2. The van der Waals surface area contributed by atoms with E-state index in [1.165, 1.54) is 26.1 Å². The molecule has 0 atom stereocenters. The van der Waals surface area contributed by atoms with E-state index in [9.17, 15) is 9.59 Å². The van der Waals surface area contributed by atoms with Gasteiger partial charge in [-0.2, -0.15) is 4.80 Å². The van der Waals surface area contributed by atoms with Crippen LogP contribution in [-0.2, 0) is 11.3 Å². The second-order valence-corrected chi connectivity index (χ2v) is 7.49. The molecule has 4 rings (SSSR count). The Morgan fingerprint density at radius 1 is 0.833 bits per heavy atom. The van der Waals surface area contributed by atoms with Crippen LogP contribution in [-0.4, -0.2) is 53.4 Å². The van der Waals surface area contributed by atoms with Crippen molar-refractivity contribution in [1.82, 2.24) is 20.2 Å². The lowest BCUT2D eigenvalue weighted by Gasteiger charge is -2.11. The van der Waals surface area contributed by atoms with Gasteiger partial charge in [0.25, 0.3) is 5.91 Å². The summed E-state index contributed by atoms with van der Waals surface area (Å²) in [6.45, 7) is -0.164. The molecular weight excluding hydrogens is 464 g/mol. The number of hydrogen-bond acceptors (Lipinski definition) is 8. The van der Waals surface area contributed by atoms with Crippen molar-refractivity contribution in [2.24, 2.45) is 0 Å². The van der Waals surface area contributed by atoms with Gasteiger partial charge in [-0.25, -0.2) is 0 Å². The minimum Gasteiger partial charge on any atom is -0.497 e. The molecule has 0 bridgehead atoms. The summed E-state index contributed by atoms with van der Waals surface area (Å²) in [4.78, 5) is 26.6. The van der Waals surface area contributed by atoms with Crippen LogP contribution >= 0.6 is 0 Å². The maximum absolute atomic E-state index is 13.0. The fraction of sp³-hybridized carbons (Fsp3) is 0.160. The maximum atomic E-state index is 13.0. The first-order chi connectivity index (χ1) is 17.5. The SMILES string of the molecule is COc1cc(OC)cc(C(=O)Nc2ccccc2-c2nnn(CC(=O)Nc3ccccc3OC)n2)c1. The van der Waals surface area contributed by atoms with Gasteiger partial charge in [-0.15, -0.1) is 10.2 Å². The highest BCUT2D eigenvalue weighted by Gasteiger charge is 2.16. The number of aromatic nitrogens is 4. The van der Waals surface area contributed by atoms with Gasteiger partial charge in [0.05, 0.1) is 32.7 Å². The topological polar surface area (TPSA) is 129 Å². The number of benzene rings is 3. The van der Waals surface area contributed by atoms with E-state index in [4.69, 9.17) is 14.2 Å². The smallest absolute Gasteiger partial charge is 0.255 e. The summed E-state index contributed by atoms with van der Waals surface area (Å²) in [5, 5.41) is 18.0. The monoisotopic (exact) mass is 488 g/mol. The normalized spacial score (nSPS) is 10.4. The Morgan fingerprint density at radius 2 is 1.50 bits per heavy atom. The van der Waals surface area contributed by atoms with E-state index in [2.05, 4.69) is 26.0 Å². The van der Waals surface area contributed by atoms with Crippen LogP contribution in [0.15, 0.2) is 66.7 Å². The molecule has 0 aliphatic carbocycles. The molecule has 1 heterocycles. The van der Waals surface area contributed by atoms with Gasteiger partial charge < -0.3 is 24.8 Å². The van der Waals surface area contributed by atoms with Crippen molar-refractivity contribution in [2.75, 3.05) is 32.0 Å². The Labute approximate surface area is 207 Å². The van der Waals surface area contributed by atoms with Gasteiger partial charge in [-0.1, -0.05) is 24.3 Å². The first-order valence-corrected chi connectivity index (χ1v) is 10.8. The highest BCUT2D eigenvalue weighted by atomic mass is 16.5. The average Bonchev–Trinajstić information content (AvgIpc) is 3.36. The van der Waals surface area contributed by atoms with Crippen molar-refractivity contribution in [3.8, 4) is 28.6 Å². The van der Waals surface area contributed by atoms with E-state index in [0.29, 0.717) is 39.8 Å². The molecule has 2 N–H and O–H groups in total. The van der Waals surface area contributed by atoms with Gasteiger partial charge >= 0.3 is 0 Å². The summed E-state index contributed by atoms with van der Waals surface area (Å²) < 4.78 is 15.7. The molecule has 11 heteroatoms. The van der Waals surface area contributed by atoms with Gasteiger partial charge in [-0.3, -0.25) is 9.59 Å². The molecule has 0 aliphatic rings. The Hall–Kier alpha value is -4.93. The predicted octanol–water partition coefficient (Wildman–Crippen LogP) is 3.26. The zero-order chi connectivity index (χ0) is 25.5. The van der Waals surface area contributed by atoms with Crippen molar-refractivity contribution < 1.29 is 23.8 Å². The zero-order valence-electron chi connectivity index (χ0n) is 19.9. The third-order valence-electron chi connectivity index (χ3n) is 5.15. The highest BCUT2D eigenvalue weighted by molar-refractivity contribution is 6.06. The van der Waals surface area contributed by atoms with Crippen LogP contribution in [0.2, 0.25) is 0 Å². The molecule has 0 saturated heterocycles. The summed E-state index contributed by atoms with van der Waals surface area (Å²) in [6.07, 6.45) is 0. The lowest BCUT2D eigenvalue weighted by molar-refractivity contribution is -0.117. The maximum Gasteiger partial charge on any atom is 0.255 e. The second kappa shape index (κ2) is 11.0. The van der Waals surface area contributed by atoms with Crippen LogP contribution in [0.25, 0.3) is 11.4 Å². The number of ether oxygens (including phenoxy) is 3. The van der Waals surface area contributed by atoms with Crippen LogP contribution in [0, 0.1) is 0 Å². The molecular formula is C25H24N6O5. The zero-order valence-corrected chi connectivity index (χ0v) is 19.9. The lowest BCUT2D eigenvalue weighted by atomic mass is 10.1. The quantitative estimate of drug-likeness (QED) is 0.367. The average molecular weight is 489 g/mol. The first kappa shape index (κ1) is 24.2. The Bertz CT molecular complexity index is 1360. The number of carbonyl (C=O) groups excluding carboxylic acids is 2. The van der Waals surface area contributed by atoms with Crippen molar-refractivity contribution in [2.45, 2.75) is 6.54 Å². The van der Waals surface area contributed by atoms with E-state index in [1.54, 1.807) is 66.7 Å². The summed E-state index contributed by atoms with van der Waals surface area (Å²) in [5.41, 5.74) is 1.90. The van der Waals surface area contributed by atoms with Crippen LogP contribution in [0.5, 0.6) is 17.2 Å². The van der Waals surface area contributed by atoms with E-state index >= 15 is 0 Å². The van der Waals surface area contributed by atoms with Gasteiger partial charge in [0, 0.05) is 17.2 Å². The molecule has 4 aromatic rings. The summed E-state index contributed by atoms with van der Waals surface area (Å²) >= 11 is 0. The first-order valence-electron chi connectivity index (χ1n) is 10.8. The van der Waals surface area contributed by atoms with E-state index in [-0.39, 0.29) is 24.2 Å². The van der Waals surface area contributed by atoms with E-state index < -0.39 is 0 Å². The molecule has 11 nitrogen and oxygen atoms in total. The Kier molecular flexibility index (Phi) is 7.39. The lowest BCUT2D eigenvalue weighted by Crippen LogP contribution is -2.20. The minimum absolute atomic E-state index is 0.164. The van der Waals surface area contributed by atoms with Crippen LogP contribution < -0.4 is 24.8 Å². The van der Waals surface area contributed by atoms with Crippen LogP contribution in [0.3, 0.4) is 0 Å². The molecule has 184 valence electrons. The van der Waals surface area contributed by atoms with Gasteiger partial charge in [0.1, 0.15) is 23.8 Å². The fourth-order valence-corrected chi connectivity index (χ4v) is 3.40. The second-order valence-electron chi connectivity index (χ2n) is 7.49. The number of amides is 2. The number of rotatable bonds is 9. The third kappa shape index (κ3) is 5.58.